The third kappa shape index (κ3) is 5.39. The zero-order valence-corrected chi connectivity index (χ0v) is 20.8. The minimum absolute atomic E-state index is 0.0459. The van der Waals surface area contributed by atoms with E-state index in [1.807, 2.05) is 48.5 Å². The van der Waals surface area contributed by atoms with Crippen LogP contribution in [0, 0.1) is 0 Å². The minimum Gasteiger partial charge on any atom is -0.353 e. The second-order valence-corrected chi connectivity index (χ2v) is 9.31. The first-order valence-electron chi connectivity index (χ1n) is 12.3. The molecule has 1 fully saturated rings. The third-order valence-electron chi connectivity index (χ3n) is 6.60. The van der Waals surface area contributed by atoms with Crippen molar-refractivity contribution in [2.24, 2.45) is 0 Å². The van der Waals surface area contributed by atoms with E-state index in [0.717, 1.165) is 11.3 Å². The third-order valence-corrected chi connectivity index (χ3v) is 6.60. The lowest BCUT2D eigenvalue weighted by Crippen LogP contribution is -2.46. The molecular weight excluding hydrogens is 487 g/mol. The fourth-order valence-corrected chi connectivity index (χ4v) is 4.76. The molecule has 2 aromatic heterocycles. The monoisotopic (exact) mass is 514 g/mol. The summed E-state index contributed by atoms with van der Waals surface area (Å²) in [5.41, 5.74) is 3.48. The van der Waals surface area contributed by atoms with Gasteiger partial charge in [-0.2, -0.15) is 0 Å². The highest BCUT2D eigenvalue weighted by atomic mass is 19.1. The van der Waals surface area contributed by atoms with Crippen LogP contribution in [-0.2, 0) is 22.7 Å². The van der Waals surface area contributed by atoms with E-state index in [4.69, 9.17) is 0 Å². The molecule has 1 aliphatic heterocycles. The van der Waals surface area contributed by atoms with Crippen LogP contribution in [0.2, 0.25) is 0 Å². The number of nitrogens with zero attached hydrogens (tertiary/aromatic N) is 4. The summed E-state index contributed by atoms with van der Waals surface area (Å²) in [7, 11) is 0. The number of ketones is 1. The van der Waals surface area contributed by atoms with Gasteiger partial charge in [-0.1, -0.05) is 30.3 Å². The molecule has 38 heavy (non-hydrogen) atoms. The van der Waals surface area contributed by atoms with Crippen molar-refractivity contribution in [1.29, 1.82) is 0 Å². The second-order valence-electron chi connectivity index (χ2n) is 9.31. The smallest absolute Gasteiger partial charge is 0.243 e. The summed E-state index contributed by atoms with van der Waals surface area (Å²) in [5, 5.41) is 6.69. The van der Waals surface area contributed by atoms with Gasteiger partial charge in [-0.3, -0.25) is 14.4 Å². The number of amides is 2. The number of likely N-dealkylation sites (tertiary alicyclic amines) is 1. The highest BCUT2D eigenvalue weighted by Gasteiger charge is 2.39. The topological polar surface area (TPSA) is 109 Å². The average Bonchev–Trinajstić information content (AvgIpc) is 3.49. The molecule has 194 valence electrons. The standard InChI is InChI=1S/C28H27FN6O3/c1-18(36)24-15-34(25-8-7-21(10-23(24)25)33-22-12-30-17-31-13-22)16-27(37)35-14-20(29)9-26(35)28(38)32-11-19-5-3-2-4-6-19/h2-8,10,12-13,15,17,20,26,33H,9,11,14,16H2,1H3,(H,32,38)/t20-,26+/m1/s1. The Bertz CT molecular complexity index is 1470. The molecule has 2 N–H and O–H groups in total. The molecule has 10 heteroatoms. The van der Waals surface area contributed by atoms with Gasteiger partial charge in [0, 0.05) is 41.3 Å². The maximum atomic E-state index is 14.4. The zero-order valence-electron chi connectivity index (χ0n) is 20.8. The number of nitrogens with one attached hydrogen (secondary N) is 2. The molecule has 1 saturated heterocycles. The number of carbonyl (C=O) groups is 3. The molecule has 0 spiro atoms. The molecule has 3 heterocycles. The van der Waals surface area contributed by atoms with Crippen LogP contribution in [0.15, 0.2) is 73.4 Å². The molecule has 5 rings (SSSR count). The van der Waals surface area contributed by atoms with Gasteiger partial charge in [0.15, 0.2) is 5.78 Å². The lowest BCUT2D eigenvalue weighted by molar-refractivity contribution is -0.139. The van der Waals surface area contributed by atoms with E-state index in [9.17, 15) is 18.8 Å². The number of halogens is 1. The first-order chi connectivity index (χ1) is 18.4. The van der Waals surface area contributed by atoms with E-state index in [1.54, 1.807) is 23.2 Å². The number of benzene rings is 2. The Balaban J connectivity index is 1.34. The minimum atomic E-state index is -1.28. The van der Waals surface area contributed by atoms with Crippen molar-refractivity contribution in [2.45, 2.75) is 38.6 Å². The van der Waals surface area contributed by atoms with Crippen molar-refractivity contribution in [1.82, 2.24) is 24.8 Å². The van der Waals surface area contributed by atoms with Crippen molar-refractivity contribution in [3.63, 3.8) is 0 Å². The number of hydrogen-bond acceptors (Lipinski definition) is 6. The van der Waals surface area contributed by atoms with Gasteiger partial charge in [0.05, 0.1) is 24.6 Å². The van der Waals surface area contributed by atoms with Crippen LogP contribution >= 0.6 is 0 Å². The average molecular weight is 515 g/mol. The van der Waals surface area contributed by atoms with Crippen LogP contribution < -0.4 is 10.6 Å². The number of aromatic nitrogens is 3. The first-order valence-corrected chi connectivity index (χ1v) is 12.3. The number of rotatable bonds is 8. The summed E-state index contributed by atoms with van der Waals surface area (Å²) in [5.74, 6) is -0.921. The van der Waals surface area contributed by atoms with Gasteiger partial charge in [-0.15, -0.1) is 0 Å². The maximum Gasteiger partial charge on any atom is 0.243 e. The second kappa shape index (κ2) is 10.8. The molecule has 0 saturated carbocycles. The summed E-state index contributed by atoms with van der Waals surface area (Å²) in [6.45, 7) is 1.49. The molecule has 2 amide bonds. The van der Waals surface area contributed by atoms with E-state index < -0.39 is 12.2 Å². The summed E-state index contributed by atoms with van der Waals surface area (Å²) in [4.78, 5) is 47.9. The van der Waals surface area contributed by atoms with E-state index in [1.165, 1.54) is 18.2 Å². The predicted molar refractivity (Wildman–Crippen MR) is 141 cm³/mol. The summed E-state index contributed by atoms with van der Waals surface area (Å²) < 4.78 is 16.1. The normalized spacial score (nSPS) is 16.9. The number of Topliss-reactive ketones (excluding diaryl/α,β-unsaturated/α-hetero) is 1. The van der Waals surface area contributed by atoms with Gasteiger partial charge in [-0.25, -0.2) is 14.4 Å². The lowest BCUT2D eigenvalue weighted by Gasteiger charge is -2.24. The Morgan fingerprint density at radius 3 is 2.55 bits per heavy atom. The lowest BCUT2D eigenvalue weighted by atomic mass is 10.1. The van der Waals surface area contributed by atoms with Gasteiger partial charge in [0.25, 0.3) is 0 Å². The number of alkyl halides is 1. The Morgan fingerprint density at radius 2 is 1.82 bits per heavy atom. The van der Waals surface area contributed by atoms with E-state index in [0.29, 0.717) is 28.7 Å². The van der Waals surface area contributed by atoms with Crippen molar-refractivity contribution in [2.75, 3.05) is 11.9 Å². The van der Waals surface area contributed by atoms with Crippen LogP contribution in [0.1, 0.15) is 29.3 Å². The number of carbonyl (C=O) groups excluding carboxylic acids is 3. The Kier molecular flexibility index (Phi) is 7.12. The van der Waals surface area contributed by atoms with Crippen molar-refractivity contribution >= 4 is 39.9 Å². The summed E-state index contributed by atoms with van der Waals surface area (Å²) >= 11 is 0. The highest BCUT2D eigenvalue weighted by Crippen LogP contribution is 2.28. The molecule has 0 unspecified atom stereocenters. The largest absolute Gasteiger partial charge is 0.353 e. The molecule has 0 bridgehead atoms. The maximum absolute atomic E-state index is 14.4. The van der Waals surface area contributed by atoms with Crippen molar-refractivity contribution in [3.8, 4) is 0 Å². The van der Waals surface area contributed by atoms with Gasteiger partial charge < -0.3 is 20.1 Å². The van der Waals surface area contributed by atoms with Crippen LogP contribution in [0.4, 0.5) is 15.8 Å². The van der Waals surface area contributed by atoms with Crippen LogP contribution in [0.3, 0.4) is 0 Å². The summed E-state index contributed by atoms with van der Waals surface area (Å²) in [6.07, 6.45) is 5.00. The molecule has 1 aliphatic rings. The van der Waals surface area contributed by atoms with E-state index >= 15 is 0 Å². The molecule has 2 aromatic carbocycles. The SMILES string of the molecule is CC(=O)c1cn(CC(=O)N2C[C@H](F)C[C@H]2C(=O)NCc2ccccc2)c2ccc(Nc3cncnc3)cc12. The van der Waals surface area contributed by atoms with Gasteiger partial charge in [-0.05, 0) is 30.7 Å². The molecular formula is C28H27FN6O3. The van der Waals surface area contributed by atoms with Crippen molar-refractivity contribution < 1.29 is 18.8 Å². The number of fused-ring (bicyclic) bond motifs is 1. The fourth-order valence-electron chi connectivity index (χ4n) is 4.76. The van der Waals surface area contributed by atoms with Gasteiger partial charge >= 0.3 is 0 Å². The Morgan fingerprint density at radius 1 is 1.05 bits per heavy atom. The van der Waals surface area contributed by atoms with Gasteiger partial charge in [0.2, 0.25) is 11.8 Å². The highest BCUT2D eigenvalue weighted by molar-refractivity contribution is 6.08. The van der Waals surface area contributed by atoms with Crippen LogP contribution in [0.5, 0.6) is 0 Å². The van der Waals surface area contributed by atoms with Crippen LogP contribution in [0.25, 0.3) is 10.9 Å². The van der Waals surface area contributed by atoms with Gasteiger partial charge in [0.1, 0.15) is 25.1 Å². The Hall–Kier alpha value is -4.60. The summed E-state index contributed by atoms with van der Waals surface area (Å²) in [6, 6.07) is 14.0. The Labute approximate surface area is 218 Å². The molecule has 0 radical (unpaired) electrons. The van der Waals surface area contributed by atoms with E-state index in [2.05, 4.69) is 20.6 Å². The first kappa shape index (κ1) is 25.1. The quantitative estimate of drug-likeness (QED) is 0.348. The molecule has 4 aromatic rings. The fraction of sp³-hybridized carbons (Fsp3) is 0.250. The molecule has 9 nitrogen and oxygen atoms in total. The van der Waals surface area contributed by atoms with Crippen molar-refractivity contribution in [3.05, 3.63) is 84.6 Å². The van der Waals surface area contributed by atoms with E-state index in [-0.39, 0.29) is 37.1 Å². The number of anilines is 2. The predicted octanol–water partition coefficient (Wildman–Crippen LogP) is 3.63. The van der Waals surface area contributed by atoms with Crippen LogP contribution in [-0.4, -0.2) is 55.8 Å². The zero-order chi connectivity index (χ0) is 26.6. The number of hydrogen-bond donors (Lipinski definition) is 2. The molecule has 2 atom stereocenters. The molecule has 0 aliphatic carbocycles.